The number of benzene rings is 3. The average Bonchev–Trinajstić information content (AvgIpc) is 3.00. The molecule has 0 bridgehead atoms. The van der Waals surface area contributed by atoms with E-state index in [1.807, 2.05) is 60.7 Å². The van der Waals surface area contributed by atoms with E-state index in [1.165, 1.54) is 0 Å². The summed E-state index contributed by atoms with van der Waals surface area (Å²) in [6.07, 6.45) is 0. The normalized spacial score (nSPS) is 10.9. The zero-order chi connectivity index (χ0) is 14.9. The van der Waals surface area contributed by atoms with E-state index < -0.39 is 0 Å². The summed E-state index contributed by atoms with van der Waals surface area (Å²) in [5.74, 6) is 0.894. The molecule has 1 aromatic heterocycles. The van der Waals surface area contributed by atoms with Crippen molar-refractivity contribution in [1.82, 2.24) is 4.98 Å². The third kappa shape index (κ3) is 2.23. The molecule has 4 aromatic rings. The standard InChI is InChI=1S/C19H13NO2/c21-16-11-9-14(10-12-16)13-5-7-15(8-6-13)19-20-17-3-1-2-4-18(17)22-19/h1-12,21H. The van der Waals surface area contributed by atoms with Gasteiger partial charge >= 0.3 is 0 Å². The van der Waals surface area contributed by atoms with Crippen molar-refractivity contribution in [1.29, 1.82) is 0 Å². The van der Waals surface area contributed by atoms with Gasteiger partial charge in [-0.2, -0.15) is 0 Å². The van der Waals surface area contributed by atoms with Crippen molar-refractivity contribution in [2.45, 2.75) is 0 Å². The van der Waals surface area contributed by atoms with E-state index in [0.29, 0.717) is 5.89 Å². The van der Waals surface area contributed by atoms with Crippen LogP contribution in [0, 0.1) is 0 Å². The minimum atomic E-state index is 0.270. The Labute approximate surface area is 127 Å². The minimum absolute atomic E-state index is 0.270. The van der Waals surface area contributed by atoms with Gasteiger partial charge in [-0.15, -0.1) is 0 Å². The molecule has 3 nitrogen and oxygen atoms in total. The van der Waals surface area contributed by atoms with Gasteiger partial charge in [0.1, 0.15) is 11.3 Å². The predicted octanol–water partition coefficient (Wildman–Crippen LogP) is 4.87. The second kappa shape index (κ2) is 5.04. The van der Waals surface area contributed by atoms with Gasteiger partial charge in [0.05, 0.1) is 0 Å². The number of phenolic OH excluding ortho intramolecular Hbond substituents is 1. The van der Waals surface area contributed by atoms with Gasteiger partial charge in [-0.05, 0) is 47.5 Å². The number of nitrogens with zero attached hydrogens (tertiary/aromatic N) is 1. The summed E-state index contributed by atoms with van der Waals surface area (Å²) >= 11 is 0. The number of hydrogen-bond donors (Lipinski definition) is 1. The molecule has 106 valence electrons. The van der Waals surface area contributed by atoms with Crippen molar-refractivity contribution >= 4 is 11.1 Å². The highest BCUT2D eigenvalue weighted by atomic mass is 16.3. The Bertz CT molecular complexity index is 889. The van der Waals surface area contributed by atoms with Crippen LogP contribution in [0.1, 0.15) is 0 Å². The van der Waals surface area contributed by atoms with Crippen molar-refractivity contribution in [3.8, 4) is 28.3 Å². The summed E-state index contributed by atoms with van der Waals surface area (Å²) in [5, 5.41) is 9.34. The molecule has 0 radical (unpaired) electrons. The predicted molar refractivity (Wildman–Crippen MR) is 86.5 cm³/mol. The van der Waals surface area contributed by atoms with Gasteiger partial charge in [0, 0.05) is 5.56 Å². The van der Waals surface area contributed by atoms with Gasteiger partial charge in [0.15, 0.2) is 5.58 Å². The van der Waals surface area contributed by atoms with Crippen molar-refractivity contribution < 1.29 is 9.52 Å². The van der Waals surface area contributed by atoms with E-state index in [4.69, 9.17) is 4.42 Å². The molecule has 0 saturated heterocycles. The van der Waals surface area contributed by atoms with E-state index in [9.17, 15) is 5.11 Å². The van der Waals surface area contributed by atoms with E-state index in [1.54, 1.807) is 12.1 Å². The Morgan fingerprint density at radius 2 is 1.27 bits per heavy atom. The summed E-state index contributed by atoms with van der Waals surface area (Å²) in [7, 11) is 0. The van der Waals surface area contributed by atoms with Crippen LogP contribution in [0.2, 0.25) is 0 Å². The van der Waals surface area contributed by atoms with Crippen molar-refractivity contribution in [3.63, 3.8) is 0 Å². The number of para-hydroxylation sites is 2. The second-order valence-electron chi connectivity index (χ2n) is 5.11. The Morgan fingerprint density at radius 3 is 1.95 bits per heavy atom. The molecule has 0 saturated carbocycles. The SMILES string of the molecule is Oc1ccc(-c2ccc(-c3nc4ccccc4o3)cc2)cc1. The lowest BCUT2D eigenvalue weighted by molar-refractivity contribution is 0.475. The first-order chi connectivity index (χ1) is 10.8. The molecule has 0 amide bonds. The molecule has 4 rings (SSSR count). The smallest absolute Gasteiger partial charge is 0.227 e. The fourth-order valence-electron chi connectivity index (χ4n) is 2.45. The average molecular weight is 287 g/mol. The number of fused-ring (bicyclic) bond motifs is 1. The Hall–Kier alpha value is -3.07. The summed E-state index contributed by atoms with van der Waals surface area (Å²) in [4.78, 5) is 4.50. The number of oxazole rings is 1. The lowest BCUT2D eigenvalue weighted by atomic mass is 10.0. The highest BCUT2D eigenvalue weighted by Crippen LogP contribution is 2.27. The zero-order valence-electron chi connectivity index (χ0n) is 11.7. The third-order valence-corrected chi connectivity index (χ3v) is 3.63. The molecule has 22 heavy (non-hydrogen) atoms. The van der Waals surface area contributed by atoms with Crippen LogP contribution in [0.5, 0.6) is 5.75 Å². The number of rotatable bonds is 2. The number of phenols is 1. The van der Waals surface area contributed by atoms with E-state index in [0.717, 1.165) is 27.8 Å². The van der Waals surface area contributed by atoms with Crippen LogP contribution in [0.3, 0.4) is 0 Å². The maximum atomic E-state index is 9.34. The van der Waals surface area contributed by atoms with Crippen molar-refractivity contribution in [2.24, 2.45) is 0 Å². The molecule has 0 atom stereocenters. The topological polar surface area (TPSA) is 46.3 Å². The molecule has 0 aliphatic heterocycles. The molecule has 0 aliphatic carbocycles. The first kappa shape index (κ1) is 12.7. The maximum Gasteiger partial charge on any atom is 0.227 e. The molecule has 1 N–H and O–H groups in total. The molecule has 0 unspecified atom stereocenters. The van der Waals surface area contributed by atoms with Gasteiger partial charge in [-0.25, -0.2) is 4.98 Å². The summed E-state index contributed by atoms with van der Waals surface area (Å²) in [6, 6.07) is 22.9. The first-order valence-corrected chi connectivity index (χ1v) is 7.05. The van der Waals surface area contributed by atoms with Crippen LogP contribution >= 0.6 is 0 Å². The largest absolute Gasteiger partial charge is 0.508 e. The Morgan fingerprint density at radius 1 is 0.682 bits per heavy atom. The molecular weight excluding hydrogens is 274 g/mol. The lowest BCUT2D eigenvalue weighted by Crippen LogP contribution is -1.80. The quantitative estimate of drug-likeness (QED) is 0.572. The summed E-state index contributed by atoms with van der Waals surface area (Å²) < 4.78 is 5.77. The molecule has 0 spiro atoms. The van der Waals surface area contributed by atoms with Crippen LogP contribution in [0.4, 0.5) is 0 Å². The molecular formula is C19H13NO2. The van der Waals surface area contributed by atoms with Gasteiger partial charge < -0.3 is 9.52 Å². The number of aromatic hydroxyl groups is 1. The molecule has 1 heterocycles. The van der Waals surface area contributed by atoms with Crippen LogP contribution < -0.4 is 0 Å². The Kier molecular flexibility index (Phi) is 2.90. The van der Waals surface area contributed by atoms with Gasteiger partial charge in [0.2, 0.25) is 5.89 Å². The van der Waals surface area contributed by atoms with E-state index >= 15 is 0 Å². The summed E-state index contributed by atoms with van der Waals surface area (Å²) in [5.41, 5.74) is 4.74. The lowest BCUT2D eigenvalue weighted by Gasteiger charge is -2.02. The number of aromatic nitrogens is 1. The summed E-state index contributed by atoms with van der Waals surface area (Å²) in [6.45, 7) is 0. The second-order valence-corrected chi connectivity index (χ2v) is 5.11. The first-order valence-electron chi connectivity index (χ1n) is 7.05. The highest BCUT2D eigenvalue weighted by Gasteiger charge is 2.07. The molecule has 0 aliphatic rings. The van der Waals surface area contributed by atoms with Gasteiger partial charge in [-0.3, -0.25) is 0 Å². The Balaban J connectivity index is 1.70. The van der Waals surface area contributed by atoms with Gasteiger partial charge in [0.25, 0.3) is 0 Å². The van der Waals surface area contributed by atoms with Crippen molar-refractivity contribution in [3.05, 3.63) is 72.8 Å². The fraction of sp³-hybridized carbons (Fsp3) is 0. The zero-order valence-corrected chi connectivity index (χ0v) is 11.7. The highest BCUT2D eigenvalue weighted by molar-refractivity contribution is 5.76. The van der Waals surface area contributed by atoms with E-state index in [2.05, 4.69) is 4.98 Å². The van der Waals surface area contributed by atoms with Gasteiger partial charge in [-0.1, -0.05) is 36.4 Å². The van der Waals surface area contributed by atoms with Crippen LogP contribution in [-0.2, 0) is 0 Å². The number of hydrogen-bond acceptors (Lipinski definition) is 3. The van der Waals surface area contributed by atoms with Crippen LogP contribution in [0.25, 0.3) is 33.7 Å². The van der Waals surface area contributed by atoms with Crippen molar-refractivity contribution in [2.75, 3.05) is 0 Å². The van der Waals surface area contributed by atoms with Crippen LogP contribution in [-0.4, -0.2) is 10.1 Å². The molecule has 3 aromatic carbocycles. The molecule has 3 heteroatoms. The van der Waals surface area contributed by atoms with Crippen LogP contribution in [0.15, 0.2) is 77.2 Å². The minimum Gasteiger partial charge on any atom is -0.508 e. The maximum absolute atomic E-state index is 9.34. The fourth-order valence-corrected chi connectivity index (χ4v) is 2.45. The molecule has 0 fully saturated rings. The monoisotopic (exact) mass is 287 g/mol. The van der Waals surface area contributed by atoms with E-state index in [-0.39, 0.29) is 5.75 Å². The third-order valence-electron chi connectivity index (χ3n) is 3.63.